The molecule has 0 bridgehead atoms. The van der Waals surface area contributed by atoms with Gasteiger partial charge in [-0.15, -0.1) is 22.7 Å². The maximum absolute atomic E-state index is 11.7. The smallest absolute Gasteiger partial charge is 0.358 e. The summed E-state index contributed by atoms with van der Waals surface area (Å²) in [5, 5.41) is 7.12. The number of nitrogens with zero attached hydrogens (tertiary/aromatic N) is 2. The van der Waals surface area contributed by atoms with Gasteiger partial charge in [-0.1, -0.05) is 0 Å². The molecule has 0 amide bonds. The molecule has 0 aliphatic carbocycles. The predicted octanol–water partition coefficient (Wildman–Crippen LogP) is 3.05. The Balaban J connectivity index is 1.90. The van der Waals surface area contributed by atoms with E-state index in [1.54, 1.807) is 18.3 Å². The average molecular weight is 311 g/mol. The van der Waals surface area contributed by atoms with Crippen LogP contribution in [0.15, 0.2) is 5.38 Å². The van der Waals surface area contributed by atoms with E-state index in [-0.39, 0.29) is 5.97 Å². The molecule has 0 fully saturated rings. The van der Waals surface area contributed by atoms with Crippen molar-refractivity contribution in [3.05, 3.63) is 26.7 Å². The minimum Gasteiger partial charge on any atom is -0.461 e. The van der Waals surface area contributed by atoms with E-state index in [1.807, 2.05) is 19.2 Å². The molecule has 0 aliphatic rings. The molecule has 0 unspecified atom stereocenters. The number of nitrogens with one attached hydrogen (secondary N) is 1. The van der Waals surface area contributed by atoms with Crippen molar-refractivity contribution in [3.63, 3.8) is 0 Å². The van der Waals surface area contributed by atoms with Crippen LogP contribution in [0.3, 0.4) is 0 Å². The monoisotopic (exact) mass is 311 g/mol. The molecule has 2 heterocycles. The first-order chi connectivity index (χ1) is 9.60. The summed E-state index contributed by atoms with van der Waals surface area (Å²) in [5.41, 5.74) is 1.46. The molecule has 0 spiro atoms. The molecule has 7 heteroatoms. The van der Waals surface area contributed by atoms with Gasteiger partial charge in [0.25, 0.3) is 0 Å². The molecule has 0 aromatic carbocycles. The van der Waals surface area contributed by atoms with Crippen LogP contribution < -0.4 is 5.32 Å². The molecular formula is C13H17N3O2S2. The van der Waals surface area contributed by atoms with Crippen LogP contribution >= 0.6 is 22.7 Å². The number of esters is 1. The number of aryl methyl sites for hydroxylation is 2. The Kier molecular flexibility index (Phi) is 5.08. The SMILES string of the molecule is CCOC(=O)c1nc(NCCc2nc(C)cs2)sc1C. The predicted molar refractivity (Wildman–Crippen MR) is 81.9 cm³/mol. The first-order valence-corrected chi connectivity index (χ1v) is 8.09. The largest absolute Gasteiger partial charge is 0.461 e. The van der Waals surface area contributed by atoms with Crippen LogP contribution in [0.25, 0.3) is 0 Å². The van der Waals surface area contributed by atoms with Gasteiger partial charge in [0.2, 0.25) is 0 Å². The van der Waals surface area contributed by atoms with E-state index < -0.39 is 0 Å². The van der Waals surface area contributed by atoms with Crippen molar-refractivity contribution in [2.45, 2.75) is 27.2 Å². The maximum Gasteiger partial charge on any atom is 0.358 e. The normalized spacial score (nSPS) is 10.6. The summed E-state index contributed by atoms with van der Waals surface area (Å²) < 4.78 is 4.97. The highest BCUT2D eigenvalue weighted by Gasteiger charge is 2.16. The Bertz CT molecular complexity index is 592. The highest BCUT2D eigenvalue weighted by atomic mass is 32.1. The Morgan fingerprint density at radius 2 is 2.20 bits per heavy atom. The van der Waals surface area contributed by atoms with Gasteiger partial charge in [-0.25, -0.2) is 14.8 Å². The zero-order valence-electron chi connectivity index (χ0n) is 11.7. The lowest BCUT2D eigenvalue weighted by atomic mass is 10.4. The molecule has 0 saturated carbocycles. The molecule has 1 N–H and O–H groups in total. The highest BCUT2D eigenvalue weighted by Crippen LogP contribution is 2.22. The zero-order chi connectivity index (χ0) is 14.5. The highest BCUT2D eigenvalue weighted by molar-refractivity contribution is 7.15. The molecule has 2 aromatic heterocycles. The molecule has 0 atom stereocenters. The molecule has 20 heavy (non-hydrogen) atoms. The van der Waals surface area contributed by atoms with Crippen LogP contribution in [0.4, 0.5) is 5.13 Å². The van der Waals surface area contributed by atoms with Crippen molar-refractivity contribution in [2.24, 2.45) is 0 Å². The molecule has 2 aromatic rings. The fourth-order valence-corrected chi connectivity index (χ4v) is 3.26. The number of carbonyl (C=O) groups excluding carboxylic acids is 1. The van der Waals surface area contributed by atoms with Gasteiger partial charge in [0, 0.05) is 28.9 Å². The van der Waals surface area contributed by atoms with Gasteiger partial charge < -0.3 is 10.1 Å². The molecular weight excluding hydrogens is 294 g/mol. The van der Waals surface area contributed by atoms with Crippen molar-refractivity contribution in [2.75, 3.05) is 18.5 Å². The topological polar surface area (TPSA) is 64.1 Å². The Labute approximate surface area is 126 Å². The van der Waals surface area contributed by atoms with E-state index in [4.69, 9.17) is 4.74 Å². The second-order valence-corrected chi connectivity index (χ2v) is 6.35. The van der Waals surface area contributed by atoms with E-state index >= 15 is 0 Å². The quantitative estimate of drug-likeness (QED) is 0.831. The second kappa shape index (κ2) is 6.81. The van der Waals surface area contributed by atoms with Gasteiger partial charge in [0.05, 0.1) is 11.6 Å². The van der Waals surface area contributed by atoms with Crippen molar-refractivity contribution >= 4 is 33.8 Å². The Hall–Kier alpha value is -1.47. The maximum atomic E-state index is 11.7. The summed E-state index contributed by atoms with van der Waals surface area (Å²) in [4.78, 5) is 21.2. The van der Waals surface area contributed by atoms with Crippen LogP contribution in [0.2, 0.25) is 0 Å². The summed E-state index contributed by atoms with van der Waals surface area (Å²) in [5.74, 6) is -0.357. The van der Waals surface area contributed by atoms with Gasteiger partial charge in [0.1, 0.15) is 0 Å². The minimum atomic E-state index is -0.357. The third kappa shape index (κ3) is 3.77. The molecule has 5 nitrogen and oxygen atoms in total. The van der Waals surface area contributed by atoms with Crippen molar-refractivity contribution in [3.8, 4) is 0 Å². The number of anilines is 1. The first-order valence-electron chi connectivity index (χ1n) is 6.39. The lowest BCUT2D eigenvalue weighted by Gasteiger charge is -2.00. The fourth-order valence-electron chi connectivity index (χ4n) is 1.65. The Morgan fingerprint density at radius 1 is 1.40 bits per heavy atom. The number of thiazole rings is 2. The van der Waals surface area contributed by atoms with E-state index in [0.29, 0.717) is 12.3 Å². The van der Waals surface area contributed by atoms with Gasteiger partial charge >= 0.3 is 5.97 Å². The summed E-state index contributed by atoms with van der Waals surface area (Å²) in [6.07, 6.45) is 0.853. The minimum absolute atomic E-state index is 0.357. The second-order valence-electron chi connectivity index (χ2n) is 4.20. The zero-order valence-corrected chi connectivity index (χ0v) is 13.4. The summed E-state index contributed by atoms with van der Waals surface area (Å²) >= 11 is 3.13. The average Bonchev–Trinajstić information content (AvgIpc) is 2.96. The van der Waals surface area contributed by atoms with Gasteiger partial charge in [-0.2, -0.15) is 0 Å². The lowest BCUT2D eigenvalue weighted by molar-refractivity contribution is 0.0519. The van der Waals surface area contributed by atoms with Gasteiger partial charge in [-0.3, -0.25) is 0 Å². The van der Waals surface area contributed by atoms with Crippen LogP contribution in [0, 0.1) is 13.8 Å². The van der Waals surface area contributed by atoms with Gasteiger partial charge in [-0.05, 0) is 20.8 Å². The van der Waals surface area contributed by atoms with Crippen molar-refractivity contribution in [1.29, 1.82) is 0 Å². The van der Waals surface area contributed by atoms with Crippen LogP contribution in [0.5, 0.6) is 0 Å². The van der Waals surface area contributed by atoms with Crippen molar-refractivity contribution in [1.82, 2.24) is 9.97 Å². The Morgan fingerprint density at radius 3 is 2.85 bits per heavy atom. The third-order valence-corrected chi connectivity index (χ3v) is 4.50. The van der Waals surface area contributed by atoms with Crippen LogP contribution in [0.1, 0.15) is 33.0 Å². The van der Waals surface area contributed by atoms with E-state index in [0.717, 1.165) is 33.7 Å². The molecule has 0 radical (unpaired) electrons. The standard InChI is InChI=1S/C13H17N3O2S2/c1-4-18-12(17)11-9(3)20-13(16-11)14-6-5-10-15-8(2)7-19-10/h7H,4-6H2,1-3H3,(H,14,16). The van der Waals surface area contributed by atoms with Gasteiger partial charge in [0.15, 0.2) is 10.8 Å². The number of ether oxygens (including phenoxy) is 1. The molecule has 108 valence electrons. The van der Waals surface area contributed by atoms with Crippen molar-refractivity contribution < 1.29 is 9.53 Å². The van der Waals surface area contributed by atoms with Crippen LogP contribution in [-0.4, -0.2) is 29.1 Å². The first kappa shape index (κ1) is 14.9. The fraction of sp³-hybridized carbons (Fsp3) is 0.462. The molecule has 2 rings (SSSR count). The summed E-state index contributed by atoms with van der Waals surface area (Å²) in [7, 11) is 0. The summed E-state index contributed by atoms with van der Waals surface area (Å²) in [6.45, 7) is 6.77. The number of rotatable bonds is 6. The van der Waals surface area contributed by atoms with E-state index in [9.17, 15) is 4.79 Å². The lowest BCUT2D eigenvalue weighted by Crippen LogP contribution is -2.08. The molecule has 0 saturated heterocycles. The van der Waals surface area contributed by atoms with E-state index in [1.165, 1.54) is 11.3 Å². The number of aromatic nitrogens is 2. The third-order valence-electron chi connectivity index (χ3n) is 2.55. The number of carbonyl (C=O) groups is 1. The molecule has 0 aliphatic heterocycles. The number of hydrogen-bond donors (Lipinski definition) is 1. The van der Waals surface area contributed by atoms with E-state index in [2.05, 4.69) is 15.3 Å². The number of hydrogen-bond acceptors (Lipinski definition) is 7. The summed E-state index contributed by atoms with van der Waals surface area (Å²) in [6, 6.07) is 0. The van der Waals surface area contributed by atoms with Crippen LogP contribution in [-0.2, 0) is 11.2 Å².